The minimum atomic E-state index is -0.220. The zero-order valence-electron chi connectivity index (χ0n) is 11.3. The molecule has 2 saturated carbocycles. The molecule has 2 aliphatic rings. The molecule has 0 aromatic carbocycles. The van der Waals surface area contributed by atoms with Crippen LogP contribution in [-0.4, -0.2) is 28.6 Å². The van der Waals surface area contributed by atoms with E-state index in [2.05, 4.69) is 22.1 Å². The van der Waals surface area contributed by atoms with E-state index in [1.54, 1.807) is 18.3 Å². The van der Waals surface area contributed by atoms with Crippen molar-refractivity contribution in [1.82, 2.24) is 10.3 Å². The van der Waals surface area contributed by atoms with Gasteiger partial charge in [-0.2, -0.15) is 0 Å². The summed E-state index contributed by atoms with van der Waals surface area (Å²) in [6.45, 7) is -0.220. The first kappa shape index (κ1) is 13.1. The smallest absolute Gasteiger partial charge is 0.271 e. The Hall–Kier alpha value is -1.86. The monoisotopic (exact) mass is 270 g/mol. The van der Waals surface area contributed by atoms with E-state index < -0.39 is 0 Å². The zero-order valence-corrected chi connectivity index (χ0v) is 11.3. The van der Waals surface area contributed by atoms with Crippen molar-refractivity contribution in [2.75, 3.05) is 6.61 Å². The molecular formula is C16H18N2O2. The predicted molar refractivity (Wildman–Crippen MR) is 74.9 cm³/mol. The average molecular weight is 270 g/mol. The number of aliphatic hydroxyl groups excluding tert-OH is 1. The van der Waals surface area contributed by atoms with E-state index >= 15 is 0 Å². The Morgan fingerprint density at radius 2 is 2.35 bits per heavy atom. The third kappa shape index (κ3) is 2.54. The molecular weight excluding hydrogens is 252 g/mol. The normalized spacial score (nSPS) is 26.9. The van der Waals surface area contributed by atoms with Gasteiger partial charge in [0.1, 0.15) is 12.3 Å². The van der Waals surface area contributed by atoms with Gasteiger partial charge >= 0.3 is 0 Å². The first-order valence-corrected chi connectivity index (χ1v) is 7.13. The van der Waals surface area contributed by atoms with Crippen LogP contribution < -0.4 is 5.32 Å². The van der Waals surface area contributed by atoms with Crippen molar-refractivity contribution in [3.05, 3.63) is 29.6 Å². The number of hydrogen-bond donors (Lipinski definition) is 2. The van der Waals surface area contributed by atoms with Crippen molar-refractivity contribution in [3.8, 4) is 11.8 Å². The number of hydrogen-bond acceptors (Lipinski definition) is 3. The fourth-order valence-corrected chi connectivity index (χ4v) is 3.48. The molecule has 1 heterocycles. The highest BCUT2D eigenvalue weighted by Gasteiger charge is 2.40. The third-order valence-corrected chi connectivity index (χ3v) is 4.38. The van der Waals surface area contributed by atoms with Gasteiger partial charge in [-0.25, -0.2) is 4.98 Å². The third-order valence-electron chi connectivity index (χ3n) is 4.38. The molecule has 2 bridgehead atoms. The summed E-state index contributed by atoms with van der Waals surface area (Å²) < 4.78 is 0. The Morgan fingerprint density at radius 3 is 3.05 bits per heavy atom. The molecule has 0 saturated heterocycles. The van der Waals surface area contributed by atoms with Crippen LogP contribution in [0.5, 0.6) is 0 Å². The molecule has 4 heteroatoms. The lowest BCUT2D eigenvalue weighted by molar-refractivity contribution is 0.0917. The topological polar surface area (TPSA) is 62.2 Å². The van der Waals surface area contributed by atoms with Gasteiger partial charge in [-0.05, 0) is 43.2 Å². The lowest BCUT2D eigenvalue weighted by Gasteiger charge is -2.22. The van der Waals surface area contributed by atoms with Gasteiger partial charge < -0.3 is 10.4 Å². The molecule has 4 nitrogen and oxygen atoms in total. The Morgan fingerprint density at radius 1 is 1.45 bits per heavy atom. The first-order valence-electron chi connectivity index (χ1n) is 7.13. The van der Waals surface area contributed by atoms with Crippen LogP contribution in [0.25, 0.3) is 0 Å². The number of aromatic nitrogens is 1. The second-order valence-corrected chi connectivity index (χ2v) is 5.61. The molecule has 1 aromatic heterocycles. The Labute approximate surface area is 118 Å². The molecule has 0 spiro atoms. The molecule has 2 N–H and O–H groups in total. The van der Waals surface area contributed by atoms with E-state index in [-0.39, 0.29) is 12.5 Å². The van der Waals surface area contributed by atoms with Crippen LogP contribution >= 0.6 is 0 Å². The highest BCUT2D eigenvalue weighted by atomic mass is 16.2. The van der Waals surface area contributed by atoms with E-state index in [0.29, 0.717) is 23.2 Å². The maximum Gasteiger partial charge on any atom is 0.271 e. The Kier molecular flexibility index (Phi) is 3.70. The van der Waals surface area contributed by atoms with E-state index in [0.717, 1.165) is 12.3 Å². The van der Waals surface area contributed by atoms with Crippen molar-refractivity contribution >= 4 is 5.91 Å². The molecule has 20 heavy (non-hydrogen) atoms. The summed E-state index contributed by atoms with van der Waals surface area (Å²) in [5, 5.41) is 11.9. The Balaban J connectivity index is 1.74. The number of nitrogens with zero attached hydrogens (tertiary/aromatic N) is 1. The van der Waals surface area contributed by atoms with Crippen LogP contribution in [0.2, 0.25) is 0 Å². The van der Waals surface area contributed by atoms with Crippen molar-refractivity contribution in [2.24, 2.45) is 11.8 Å². The second-order valence-electron chi connectivity index (χ2n) is 5.61. The summed E-state index contributed by atoms with van der Waals surface area (Å²) in [6.07, 6.45) is 6.49. The lowest BCUT2D eigenvalue weighted by Crippen LogP contribution is -2.39. The molecule has 1 amide bonds. The fourth-order valence-electron chi connectivity index (χ4n) is 3.48. The maximum absolute atomic E-state index is 12.4. The van der Waals surface area contributed by atoms with Gasteiger partial charge in [0.2, 0.25) is 0 Å². The number of aliphatic hydroxyl groups is 1. The number of carbonyl (C=O) groups is 1. The molecule has 3 unspecified atom stereocenters. The van der Waals surface area contributed by atoms with Gasteiger partial charge in [0, 0.05) is 12.2 Å². The molecule has 0 aliphatic heterocycles. The summed E-state index contributed by atoms with van der Waals surface area (Å²) in [6, 6.07) is 3.79. The standard InChI is InChI=1S/C16H18N2O2/c19-8-2-4-12-3-1-7-17-15(12)16(20)18-14-10-11-5-6-13(14)9-11/h1,3,7,11,13-14,19H,5-6,8-10H2,(H,18,20). The number of carbonyl (C=O) groups excluding carboxylic acids is 1. The molecule has 104 valence electrons. The van der Waals surface area contributed by atoms with Crippen LogP contribution in [0.1, 0.15) is 41.7 Å². The predicted octanol–water partition coefficient (Wildman–Crippen LogP) is 1.34. The summed E-state index contributed by atoms with van der Waals surface area (Å²) in [5.41, 5.74) is 0.929. The van der Waals surface area contributed by atoms with Crippen LogP contribution in [0.4, 0.5) is 0 Å². The molecule has 3 rings (SSSR count). The molecule has 1 aromatic rings. The Bertz CT molecular complexity index is 573. The number of fused-ring (bicyclic) bond motifs is 2. The van der Waals surface area contributed by atoms with E-state index in [4.69, 9.17) is 5.11 Å². The summed E-state index contributed by atoms with van der Waals surface area (Å²) in [5.74, 6) is 6.63. The van der Waals surface area contributed by atoms with Gasteiger partial charge in [-0.3, -0.25) is 4.79 Å². The van der Waals surface area contributed by atoms with Crippen molar-refractivity contribution < 1.29 is 9.90 Å². The number of amides is 1. The molecule has 3 atom stereocenters. The van der Waals surface area contributed by atoms with Gasteiger partial charge in [0.25, 0.3) is 5.91 Å². The summed E-state index contributed by atoms with van der Waals surface area (Å²) in [7, 11) is 0. The zero-order chi connectivity index (χ0) is 13.9. The van der Waals surface area contributed by atoms with Crippen LogP contribution in [-0.2, 0) is 0 Å². The average Bonchev–Trinajstić information content (AvgIpc) is 3.08. The van der Waals surface area contributed by atoms with Crippen molar-refractivity contribution in [3.63, 3.8) is 0 Å². The van der Waals surface area contributed by atoms with Crippen molar-refractivity contribution in [2.45, 2.75) is 31.7 Å². The van der Waals surface area contributed by atoms with Crippen LogP contribution in [0.15, 0.2) is 18.3 Å². The lowest BCUT2D eigenvalue weighted by atomic mass is 9.95. The molecule has 2 fully saturated rings. The first-order chi connectivity index (χ1) is 9.78. The van der Waals surface area contributed by atoms with Crippen LogP contribution in [0.3, 0.4) is 0 Å². The fraction of sp³-hybridized carbons (Fsp3) is 0.500. The van der Waals surface area contributed by atoms with Gasteiger partial charge in [0.05, 0.1) is 5.56 Å². The maximum atomic E-state index is 12.4. The second kappa shape index (κ2) is 5.64. The van der Waals surface area contributed by atoms with Gasteiger partial charge in [-0.15, -0.1) is 0 Å². The number of nitrogens with one attached hydrogen (secondary N) is 1. The number of pyridine rings is 1. The highest BCUT2D eigenvalue weighted by molar-refractivity contribution is 5.95. The largest absolute Gasteiger partial charge is 0.384 e. The van der Waals surface area contributed by atoms with E-state index in [1.165, 1.54) is 19.3 Å². The number of rotatable bonds is 2. The minimum absolute atomic E-state index is 0.148. The van der Waals surface area contributed by atoms with Crippen LogP contribution in [0, 0.1) is 23.7 Å². The van der Waals surface area contributed by atoms with E-state index in [9.17, 15) is 4.79 Å². The summed E-state index contributed by atoms with van der Waals surface area (Å²) in [4.78, 5) is 16.5. The van der Waals surface area contributed by atoms with E-state index in [1.807, 2.05) is 0 Å². The van der Waals surface area contributed by atoms with Crippen molar-refractivity contribution in [1.29, 1.82) is 0 Å². The SMILES string of the molecule is O=C(NC1CC2CCC1C2)c1ncccc1C#CCO. The highest BCUT2D eigenvalue weighted by Crippen LogP contribution is 2.44. The molecule has 2 aliphatic carbocycles. The van der Waals surface area contributed by atoms with Gasteiger partial charge in [0.15, 0.2) is 0 Å². The van der Waals surface area contributed by atoms with Gasteiger partial charge in [-0.1, -0.05) is 18.3 Å². The molecule has 0 radical (unpaired) electrons. The quantitative estimate of drug-likeness (QED) is 0.797. The summed E-state index contributed by atoms with van der Waals surface area (Å²) >= 11 is 0. The minimum Gasteiger partial charge on any atom is -0.384 e.